The molecule has 7 nitrogen and oxygen atoms in total. The molecule has 3 rings (SSSR count). The number of hydrogen-bond donors (Lipinski definition) is 0. The first-order valence-corrected chi connectivity index (χ1v) is 8.44. The Morgan fingerprint density at radius 3 is 2.54 bits per heavy atom. The zero-order valence-electron chi connectivity index (χ0n) is 15.3. The number of nitriles is 1. The molecule has 0 unspecified atom stereocenters. The third-order valence-corrected chi connectivity index (χ3v) is 4.04. The fourth-order valence-electron chi connectivity index (χ4n) is 2.58. The van der Waals surface area contributed by atoms with Crippen molar-refractivity contribution < 1.29 is 23.4 Å². The highest BCUT2D eigenvalue weighted by Crippen LogP contribution is 2.23. The summed E-state index contributed by atoms with van der Waals surface area (Å²) in [5.74, 6) is 0.412. The summed E-state index contributed by atoms with van der Waals surface area (Å²) < 4.78 is 21.1. The lowest BCUT2D eigenvalue weighted by molar-refractivity contribution is -0.152. The van der Waals surface area contributed by atoms with Gasteiger partial charge in [0.15, 0.2) is 6.10 Å². The zero-order valence-corrected chi connectivity index (χ0v) is 15.3. The van der Waals surface area contributed by atoms with Gasteiger partial charge < -0.3 is 18.6 Å². The van der Waals surface area contributed by atoms with E-state index in [4.69, 9.17) is 23.9 Å². The summed E-state index contributed by atoms with van der Waals surface area (Å²) in [5, 5.41) is 9.45. The van der Waals surface area contributed by atoms with E-state index in [9.17, 15) is 9.59 Å². The van der Waals surface area contributed by atoms with Crippen molar-refractivity contribution in [2.75, 3.05) is 7.11 Å². The highest BCUT2D eigenvalue weighted by Gasteiger charge is 2.17. The smallest absolute Gasteiger partial charge is 0.347 e. The van der Waals surface area contributed by atoms with Crippen LogP contribution >= 0.6 is 0 Å². The average molecular weight is 379 g/mol. The molecule has 0 aliphatic carbocycles. The predicted octanol–water partition coefficient (Wildman–Crippen LogP) is 3.18. The van der Waals surface area contributed by atoms with E-state index in [0.717, 1.165) is 0 Å². The van der Waals surface area contributed by atoms with Gasteiger partial charge in [0.1, 0.15) is 23.7 Å². The molecule has 0 saturated heterocycles. The Labute approximate surface area is 160 Å². The molecule has 28 heavy (non-hydrogen) atoms. The van der Waals surface area contributed by atoms with Crippen molar-refractivity contribution in [2.24, 2.45) is 0 Å². The van der Waals surface area contributed by atoms with Gasteiger partial charge in [-0.25, -0.2) is 9.59 Å². The van der Waals surface area contributed by atoms with Crippen LogP contribution in [0.25, 0.3) is 11.0 Å². The van der Waals surface area contributed by atoms with Gasteiger partial charge in [0.2, 0.25) is 0 Å². The van der Waals surface area contributed by atoms with Crippen LogP contribution in [0.1, 0.15) is 18.1 Å². The Hall–Kier alpha value is -3.79. The van der Waals surface area contributed by atoms with Crippen molar-refractivity contribution in [1.29, 1.82) is 5.26 Å². The molecule has 1 atom stereocenters. The quantitative estimate of drug-likeness (QED) is 0.479. The number of nitrogens with zero attached hydrogens (tertiary/aromatic N) is 1. The summed E-state index contributed by atoms with van der Waals surface area (Å²) in [7, 11) is 1.51. The van der Waals surface area contributed by atoms with Gasteiger partial charge in [0.05, 0.1) is 18.7 Å². The van der Waals surface area contributed by atoms with E-state index < -0.39 is 17.7 Å². The average Bonchev–Trinajstić information content (AvgIpc) is 2.71. The molecule has 0 N–H and O–H groups in total. The molecule has 0 radical (unpaired) electrons. The Balaban J connectivity index is 1.69. The molecule has 0 spiro atoms. The van der Waals surface area contributed by atoms with E-state index >= 15 is 0 Å². The fourth-order valence-corrected chi connectivity index (χ4v) is 2.58. The van der Waals surface area contributed by atoms with Gasteiger partial charge in [-0.1, -0.05) is 0 Å². The number of methoxy groups -OCH3 is 1. The van der Waals surface area contributed by atoms with Gasteiger partial charge >= 0.3 is 11.6 Å². The second-order valence-electron chi connectivity index (χ2n) is 5.96. The van der Waals surface area contributed by atoms with Crippen molar-refractivity contribution in [3.05, 3.63) is 70.1 Å². The number of hydrogen-bond acceptors (Lipinski definition) is 7. The SMILES string of the molecule is COc1ccc2c(COC(=O)[C@@H](C)Oc3ccc(C#N)cc3)cc(=O)oc2c1. The Morgan fingerprint density at radius 2 is 1.86 bits per heavy atom. The first-order valence-electron chi connectivity index (χ1n) is 8.44. The maximum atomic E-state index is 12.2. The van der Waals surface area contributed by atoms with Gasteiger partial charge in [-0.2, -0.15) is 5.26 Å². The topological polar surface area (TPSA) is 98.8 Å². The van der Waals surface area contributed by atoms with Crippen LogP contribution in [0.2, 0.25) is 0 Å². The van der Waals surface area contributed by atoms with Crippen molar-refractivity contribution in [3.63, 3.8) is 0 Å². The number of benzene rings is 2. The van der Waals surface area contributed by atoms with Gasteiger partial charge in [-0.3, -0.25) is 0 Å². The zero-order chi connectivity index (χ0) is 20.1. The summed E-state index contributed by atoms with van der Waals surface area (Å²) in [6, 6.07) is 14.7. The highest BCUT2D eigenvalue weighted by atomic mass is 16.6. The molecule has 0 fully saturated rings. The monoisotopic (exact) mass is 379 g/mol. The molecule has 1 aromatic heterocycles. The number of esters is 1. The van der Waals surface area contributed by atoms with E-state index in [1.54, 1.807) is 49.4 Å². The maximum absolute atomic E-state index is 12.2. The van der Waals surface area contributed by atoms with Crippen LogP contribution in [0, 0.1) is 11.3 Å². The van der Waals surface area contributed by atoms with Gasteiger partial charge in [0.25, 0.3) is 0 Å². The minimum Gasteiger partial charge on any atom is -0.497 e. The lowest BCUT2D eigenvalue weighted by atomic mass is 10.1. The number of carbonyl (C=O) groups excluding carboxylic acids is 1. The van der Waals surface area contributed by atoms with Gasteiger partial charge in [-0.15, -0.1) is 0 Å². The van der Waals surface area contributed by atoms with Crippen LogP contribution in [-0.2, 0) is 16.1 Å². The number of rotatable bonds is 6. The second-order valence-corrected chi connectivity index (χ2v) is 5.96. The molecular weight excluding hydrogens is 362 g/mol. The van der Waals surface area contributed by atoms with E-state index in [1.807, 2.05) is 6.07 Å². The van der Waals surface area contributed by atoms with Gasteiger partial charge in [-0.05, 0) is 43.3 Å². The molecule has 2 aromatic carbocycles. The molecular formula is C21H17NO6. The molecule has 0 bridgehead atoms. The van der Waals surface area contributed by atoms with Crippen LogP contribution in [0.4, 0.5) is 0 Å². The standard InChI is InChI=1S/C21H17NO6/c1-13(27-16-5-3-14(11-22)4-6-16)21(24)26-12-15-9-20(23)28-19-10-17(25-2)7-8-18(15)19/h3-10,13H,12H2,1-2H3/t13-/m1/s1. The van der Waals surface area contributed by atoms with E-state index in [2.05, 4.69) is 0 Å². The fraction of sp³-hybridized carbons (Fsp3) is 0.190. The highest BCUT2D eigenvalue weighted by molar-refractivity contribution is 5.82. The Bertz CT molecular complexity index is 1090. The molecule has 3 aromatic rings. The van der Waals surface area contributed by atoms with Gasteiger partial charge in [0, 0.05) is 23.1 Å². The molecule has 1 heterocycles. The summed E-state index contributed by atoms with van der Waals surface area (Å²) in [6.07, 6.45) is -0.862. The van der Waals surface area contributed by atoms with E-state index in [-0.39, 0.29) is 6.61 Å². The summed E-state index contributed by atoms with van der Waals surface area (Å²) in [4.78, 5) is 24.0. The summed E-state index contributed by atoms with van der Waals surface area (Å²) in [5.41, 5.74) is 0.815. The normalized spacial score (nSPS) is 11.5. The molecule has 142 valence electrons. The summed E-state index contributed by atoms with van der Waals surface area (Å²) in [6.45, 7) is 1.46. The molecule has 0 aliphatic rings. The number of ether oxygens (including phenoxy) is 3. The van der Waals surface area contributed by atoms with Crippen LogP contribution in [0.3, 0.4) is 0 Å². The summed E-state index contributed by atoms with van der Waals surface area (Å²) >= 11 is 0. The first-order chi connectivity index (χ1) is 13.5. The minimum absolute atomic E-state index is 0.103. The van der Waals surface area contributed by atoms with Crippen molar-refractivity contribution in [2.45, 2.75) is 19.6 Å². The van der Waals surface area contributed by atoms with Crippen LogP contribution in [-0.4, -0.2) is 19.2 Å². The second kappa shape index (κ2) is 8.27. The maximum Gasteiger partial charge on any atom is 0.347 e. The largest absolute Gasteiger partial charge is 0.497 e. The lowest BCUT2D eigenvalue weighted by Gasteiger charge is -2.14. The van der Waals surface area contributed by atoms with Crippen LogP contribution in [0.15, 0.2) is 57.7 Å². The predicted molar refractivity (Wildman–Crippen MR) is 100 cm³/mol. The molecule has 0 saturated carbocycles. The van der Waals surface area contributed by atoms with Crippen LogP contribution in [0.5, 0.6) is 11.5 Å². The third-order valence-electron chi connectivity index (χ3n) is 4.04. The molecule has 0 amide bonds. The van der Waals surface area contributed by atoms with Crippen molar-refractivity contribution in [1.82, 2.24) is 0 Å². The van der Waals surface area contributed by atoms with Crippen molar-refractivity contribution in [3.8, 4) is 17.6 Å². The number of fused-ring (bicyclic) bond motifs is 1. The lowest BCUT2D eigenvalue weighted by Crippen LogP contribution is -2.26. The minimum atomic E-state index is -0.862. The molecule has 0 aliphatic heterocycles. The first kappa shape index (κ1) is 19.0. The number of carbonyl (C=O) groups is 1. The molecule has 7 heteroatoms. The Kier molecular flexibility index (Phi) is 5.61. The van der Waals surface area contributed by atoms with Crippen LogP contribution < -0.4 is 15.1 Å². The van der Waals surface area contributed by atoms with E-state index in [0.29, 0.717) is 33.6 Å². The van der Waals surface area contributed by atoms with Crippen molar-refractivity contribution >= 4 is 16.9 Å². The van der Waals surface area contributed by atoms with E-state index in [1.165, 1.54) is 13.2 Å². The third kappa shape index (κ3) is 4.30. The Morgan fingerprint density at radius 1 is 1.14 bits per heavy atom.